The molecule has 0 bridgehead atoms. The minimum atomic E-state index is -4.15. The topological polar surface area (TPSA) is 134 Å². The Hall–Kier alpha value is -4.59. The number of ether oxygens (including phenoxy) is 1. The van der Waals surface area contributed by atoms with Gasteiger partial charge in [-0.1, -0.05) is 35.4 Å². The lowest BCUT2D eigenvalue weighted by atomic mass is 10.1. The maximum atomic E-state index is 15.0. The van der Waals surface area contributed by atoms with Crippen molar-refractivity contribution < 1.29 is 34.9 Å². The van der Waals surface area contributed by atoms with E-state index in [4.69, 9.17) is 8.92 Å². The van der Waals surface area contributed by atoms with Crippen LogP contribution in [-0.4, -0.2) is 38.3 Å². The Morgan fingerprint density at radius 3 is 2.14 bits per heavy atom. The summed E-state index contributed by atoms with van der Waals surface area (Å²) in [5, 5.41) is 2.71. The number of rotatable bonds is 10. The summed E-state index contributed by atoms with van der Waals surface area (Å²) >= 11 is 0. The second-order valence-electron chi connectivity index (χ2n) is 10.0. The van der Waals surface area contributed by atoms with Crippen molar-refractivity contribution >= 4 is 42.8 Å². The lowest BCUT2D eigenvalue weighted by Crippen LogP contribution is -2.12. The minimum Gasteiger partial charge on any atom is -0.453 e. The van der Waals surface area contributed by atoms with Crippen LogP contribution in [0, 0.1) is 19.7 Å². The van der Waals surface area contributed by atoms with E-state index in [2.05, 4.69) is 10.3 Å². The molecule has 0 atom stereocenters. The number of aromatic nitrogens is 2. The molecule has 0 aliphatic rings. The molecule has 0 spiro atoms. The fraction of sp³-hybridized carbons (Fsp3) is 0.161. The normalized spacial score (nSPS) is 11.9. The van der Waals surface area contributed by atoms with Crippen molar-refractivity contribution in [1.29, 1.82) is 0 Å². The molecule has 0 radical (unpaired) electrons. The molecule has 2 heterocycles. The van der Waals surface area contributed by atoms with Gasteiger partial charge in [0.15, 0.2) is 17.2 Å². The van der Waals surface area contributed by atoms with E-state index in [1.807, 2.05) is 13.8 Å². The van der Waals surface area contributed by atoms with Crippen molar-refractivity contribution in [3.05, 3.63) is 108 Å². The van der Waals surface area contributed by atoms with Gasteiger partial charge in [-0.05, 0) is 68.3 Å². The van der Waals surface area contributed by atoms with E-state index >= 15 is 0 Å². The Morgan fingerprint density at radius 2 is 1.52 bits per heavy atom. The Bertz CT molecular complexity index is 2080. The summed E-state index contributed by atoms with van der Waals surface area (Å²) in [4.78, 5) is 15.7. The van der Waals surface area contributed by atoms with E-state index < -0.39 is 26.0 Å². The molecule has 5 rings (SSSR count). The van der Waals surface area contributed by atoms with Crippen molar-refractivity contribution in [2.24, 2.45) is 0 Å². The molecule has 0 saturated heterocycles. The van der Waals surface area contributed by atoms with Crippen molar-refractivity contribution in [3.63, 3.8) is 0 Å². The second kappa shape index (κ2) is 12.2. The third-order valence-electron chi connectivity index (χ3n) is 6.67. The van der Waals surface area contributed by atoms with Gasteiger partial charge in [0.1, 0.15) is 5.75 Å². The average Bonchev–Trinajstić information content (AvgIpc) is 3.35. The number of amides is 1. The van der Waals surface area contributed by atoms with Gasteiger partial charge in [0, 0.05) is 31.1 Å². The third kappa shape index (κ3) is 6.49. The number of carbonyl (C=O) groups excluding carboxylic acids is 1. The number of benzene rings is 3. The Balaban J connectivity index is 1.55. The first-order valence-corrected chi connectivity index (χ1v) is 16.2. The molecule has 10 nitrogen and oxygen atoms in total. The van der Waals surface area contributed by atoms with Gasteiger partial charge in [0.05, 0.1) is 21.8 Å². The van der Waals surface area contributed by atoms with Gasteiger partial charge < -0.3 is 10.1 Å². The molecule has 1 N–H and O–H groups in total. The lowest BCUT2D eigenvalue weighted by molar-refractivity contribution is -0.114. The molecule has 0 aliphatic heterocycles. The fourth-order valence-corrected chi connectivity index (χ4v) is 6.72. The zero-order valence-electron chi connectivity index (χ0n) is 23.9. The lowest BCUT2D eigenvalue weighted by Gasteiger charge is -2.11. The standard InChI is InChI=1S/C31H28FN3O7S2/c1-20-4-9-25(10-5-20)43(37,38)35-19-23(15-17-41-44(39,40)26-11-6-21(2)7-12-26)30-29(14-16-33-31(30)35)42-28-13-8-24(18-27(28)32)34-22(3)36/h4-14,16,18-19H,15,17H2,1-3H3,(H,34,36). The Labute approximate surface area is 254 Å². The van der Waals surface area contributed by atoms with E-state index in [1.54, 1.807) is 24.3 Å². The number of aryl methyl sites for hydroxylation is 2. The first kappa shape index (κ1) is 30.9. The van der Waals surface area contributed by atoms with Gasteiger partial charge in [0.25, 0.3) is 20.1 Å². The number of halogens is 1. The molecule has 0 unspecified atom stereocenters. The van der Waals surface area contributed by atoms with Gasteiger partial charge in [0.2, 0.25) is 5.91 Å². The van der Waals surface area contributed by atoms with Crippen LogP contribution in [0.25, 0.3) is 11.0 Å². The zero-order valence-corrected chi connectivity index (χ0v) is 25.6. The van der Waals surface area contributed by atoms with Gasteiger partial charge in [-0.3, -0.25) is 8.98 Å². The van der Waals surface area contributed by atoms with Crippen molar-refractivity contribution in [1.82, 2.24) is 8.96 Å². The molecular formula is C31H28FN3O7S2. The number of anilines is 1. The monoisotopic (exact) mass is 637 g/mol. The highest BCUT2D eigenvalue weighted by Gasteiger charge is 2.25. The number of nitrogens with one attached hydrogen (secondary N) is 1. The molecular weight excluding hydrogens is 609 g/mol. The highest BCUT2D eigenvalue weighted by atomic mass is 32.2. The Morgan fingerprint density at radius 1 is 0.886 bits per heavy atom. The van der Waals surface area contributed by atoms with Gasteiger partial charge >= 0.3 is 0 Å². The highest BCUT2D eigenvalue weighted by Crippen LogP contribution is 2.36. The van der Waals surface area contributed by atoms with Crippen LogP contribution in [0.1, 0.15) is 23.6 Å². The third-order valence-corrected chi connectivity index (χ3v) is 9.66. The molecule has 2 aromatic heterocycles. The molecule has 5 aromatic rings. The number of carbonyl (C=O) groups is 1. The smallest absolute Gasteiger partial charge is 0.296 e. The largest absolute Gasteiger partial charge is 0.453 e. The first-order chi connectivity index (χ1) is 20.8. The SMILES string of the molecule is CC(=O)Nc1ccc(Oc2ccnc3c2c(CCOS(=O)(=O)c2ccc(C)cc2)cn3S(=O)(=O)c2ccc(C)cc2)c(F)c1. The van der Waals surface area contributed by atoms with Gasteiger partial charge in [-0.25, -0.2) is 21.8 Å². The van der Waals surface area contributed by atoms with Crippen LogP contribution in [-0.2, 0) is 35.5 Å². The molecule has 228 valence electrons. The van der Waals surface area contributed by atoms with E-state index in [0.29, 0.717) is 5.56 Å². The van der Waals surface area contributed by atoms with Crippen LogP contribution < -0.4 is 10.1 Å². The summed E-state index contributed by atoms with van der Waals surface area (Å²) in [6.07, 6.45) is 2.60. The maximum Gasteiger partial charge on any atom is 0.296 e. The predicted octanol–water partition coefficient (Wildman–Crippen LogP) is 5.73. The summed E-state index contributed by atoms with van der Waals surface area (Å²) in [6.45, 7) is 4.63. The van der Waals surface area contributed by atoms with E-state index in [1.165, 1.54) is 61.8 Å². The van der Waals surface area contributed by atoms with Crippen LogP contribution in [0.15, 0.2) is 95.0 Å². The Kier molecular flexibility index (Phi) is 8.55. The first-order valence-electron chi connectivity index (χ1n) is 13.4. The molecule has 0 aliphatic carbocycles. The summed E-state index contributed by atoms with van der Waals surface area (Å²) < 4.78 is 80.2. The molecule has 0 saturated carbocycles. The van der Waals surface area contributed by atoms with Gasteiger partial charge in [-0.15, -0.1) is 0 Å². The van der Waals surface area contributed by atoms with Crippen LogP contribution in [0.3, 0.4) is 0 Å². The number of hydrogen-bond acceptors (Lipinski definition) is 8. The van der Waals surface area contributed by atoms with Crippen LogP contribution in [0.5, 0.6) is 11.5 Å². The van der Waals surface area contributed by atoms with Crippen molar-refractivity contribution in [3.8, 4) is 11.5 Å². The van der Waals surface area contributed by atoms with E-state index in [9.17, 15) is 26.0 Å². The summed E-state index contributed by atoms with van der Waals surface area (Å²) in [5.74, 6) is -1.26. The fourth-order valence-electron chi connectivity index (χ4n) is 4.47. The molecule has 3 aromatic carbocycles. The minimum absolute atomic E-state index is 0.00487. The van der Waals surface area contributed by atoms with Gasteiger partial charge in [-0.2, -0.15) is 8.42 Å². The quantitative estimate of drug-likeness (QED) is 0.192. The summed E-state index contributed by atoms with van der Waals surface area (Å²) in [5.41, 5.74) is 2.31. The number of nitrogens with zero attached hydrogens (tertiary/aromatic N) is 2. The summed E-state index contributed by atoms with van der Waals surface area (Å²) in [7, 11) is -8.25. The van der Waals surface area contributed by atoms with E-state index in [-0.39, 0.29) is 56.9 Å². The predicted molar refractivity (Wildman–Crippen MR) is 162 cm³/mol. The molecule has 0 fully saturated rings. The van der Waals surface area contributed by atoms with Crippen LogP contribution in [0.2, 0.25) is 0 Å². The van der Waals surface area contributed by atoms with Crippen LogP contribution >= 0.6 is 0 Å². The second-order valence-corrected chi connectivity index (χ2v) is 13.5. The summed E-state index contributed by atoms with van der Waals surface area (Å²) in [6, 6.07) is 17.8. The zero-order chi connectivity index (χ0) is 31.6. The van der Waals surface area contributed by atoms with Crippen molar-refractivity contribution in [2.75, 3.05) is 11.9 Å². The maximum absolute atomic E-state index is 15.0. The average molecular weight is 638 g/mol. The van der Waals surface area contributed by atoms with Crippen LogP contribution in [0.4, 0.5) is 10.1 Å². The molecule has 1 amide bonds. The van der Waals surface area contributed by atoms with E-state index in [0.717, 1.165) is 21.2 Å². The number of fused-ring (bicyclic) bond motifs is 1. The highest BCUT2D eigenvalue weighted by molar-refractivity contribution is 7.90. The number of pyridine rings is 1. The number of hydrogen-bond donors (Lipinski definition) is 1. The van der Waals surface area contributed by atoms with Crippen molar-refractivity contribution in [2.45, 2.75) is 37.0 Å². The molecule has 44 heavy (non-hydrogen) atoms. The molecule has 13 heteroatoms.